The van der Waals surface area contributed by atoms with Gasteiger partial charge in [0.2, 0.25) is 0 Å². The number of halogens is 1. The fourth-order valence-corrected chi connectivity index (χ4v) is 3.88. The number of nitriles is 1. The molecule has 0 radical (unpaired) electrons. The molecule has 0 atom stereocenters. The van der Waals surface area contributed by atoms with E-state index >= 15 is 0 Å². The van der Waals surface area contributed by atoms with Crippen LogP contribution in [0.4, 0.5) is 5.82 Å². The summed E-state index contributed by atoms with van der Waals surface area (Å²) in [6, 6.07) is 3.07. The Morgan fingerprint density at radius 1 is 1.14 bits per heavy atom. The Bertz CT molecular complexity index is 594. The first-order chi connectivity index (χ1) is 10.6. The molecule has 2 fully saturated rings. The lowest BCUT2D eigenvalue weighted by Gasteiger charge is -2.39. The van der Waals surface area contributed by atoms with Crippen molar-refractivity contribution in [3.05, 3.63) is 21.8 Å². The average molecular weight is 319 g/mol. The predicted octanol–water partition coefficient (Wildman–Crippen LogP) is 3.29. The first-order valence-corrected chi connectivity index (χ1v) is 8.55. The number of hydrogen-bond donors (Lipinski definition) is 0. The minimum absolute atomic E-state index is 0.616. The number of anilines is 1. The van der Waals surface area contributed by atoms with Gasteiger partial charge in [-0.05, 0) is 32.3 Å². The van der Waals surface area contributed by atoms with Gasteiger partial charge in [0, 0.05) is 32.2 Å². The van der Waals surface area contributed by atoms with E-state index in [-0.39, 0.29) is 0 Å². The molecule has 0 aromatic carbocycles. The van der Waals surface area contributed by atoms with Crippen LogP contribution < -0.4 is 4.90 Å². The van der Waals surface area contributed by atoms with Crippen molar-refractivity contribution < 1.29 is 0 Å². The van der Waals surface area contributed by atoms with Gasteiger partial charge in [-0.1, -0.05) is 24.4 Å². The Balaban J connectivity index is 1.77. The molecule has 0 spiro atoms. The molecule has 4 nitrogen and oxygen atoms in total. The quantitative estimate of drug-likeness (QED) is 0.839. The molecule has 1 aliphatic heterocycles. The van der Waals surface area contributed by atoms with Gasteiger partial charge in [0.05, 0.1) is 16.3 Å². The van der Waals surface area contributed by atoms with E-state index in [1.807, 2.05) is 13.8 Å². The van der Waals surface area contributed by atoms with E-state index < -0.39 is 0 Å². The zero-order valence-electron chi connectivity index (χ0n) is 13.4. The lowest BCUT2D eigenvalue weighted by Crippen LogP contribution is -2.50. The average Bonchev–Trinajstić information content (AvgIpc) is 3.07. The highest BCUT2D eigenvalue weighted by atomic mass is 35.5. The van der Waals surface area contributed by atoms with Crippen molar-refractivity contribution in [2.24, 2.45) is 0 Å². The largest absolute Gasteiger partial charge is 0.353 e. The van der Waals surface area contributed by atoms with Crippen LogP contribution in [0.2, 0.25) is 5.02 Å². The van der Waals surface area contributed by atoms with Crippen LogP contribution in [0.25, 0.3) is 0 Å². The maximum absolute atomic E-state index is 9.48. The molecule has 1 saturated heterocycles. The summed E-state index contributed by atoms with van der Waals surface area (Å²) < 4.78 is 0. The number of aryl methyl sites for hydroxylation is 1. The highest BCUT2D eigenvalue weighted by Crippen LogP contribution is 2.30. The third kappa shape index (κ3) is 2.80. The van der Waals surface area contributed by atoms with E-state index in [4.69, 9.17) is 11.6 Å². The van der Waals surface area contributed by atoms with Gasteiger partial charge < -0.3 is 4.90 Å². The Kier molecular flexibility index (Phi) is 4.56. The molecule has 0 bridgehead atoms. The summed E-state index contributed by atoms with van der Waals surface area (Å²) in [6.45, 7) is 7.84. The Labute approximate surface area is 137 Å². The minimum atomic E-state index is 0.616. The van der Waals surface area contributed by atoms with Crippen LogP contribution in [-0.2, 0) is 0 Å². The smallest absolute Gasteiger partial charge is 0.147 e. The van der Waals surface area contributed by atoms with Gasteiger partial charge in [0.1, 0.15) is 11.9 Å². The van der Waals surface area contributed by atoms with Crippen LogP contribution in [0, 0.1) is 25.2 Å². The molecule has 0 N–H and O–H groups in total. The van der Waals surface area contributed by atoms with Crippen LogP contribution in [0.3, 0.4) is 0 Å². The van der Waals surface area contributed by atoms with E-state index in [0.717, 1.165) is 49.3 Å². The molecule has 3 rings (SSSR count). The SMILES string of the molecule is Cc1nc(N2CCN(C3CCCC3)CC2)c(C#N)c(C)c1Cl. The lowest BCUT2D eigenvalue weighted by molar-refractivity contribution is 0.187. The molecular weight excluding hydrogens is 296 g/mol. The van der Waals surface area contributed by atoms with Crippen molar-refractivity contribution in [2.45, 2.75) is 45.6 Å². The molecule has 1 aromatic heterocycles. The van der Waals surface area contributed by atoms with E-state index in [2.05, 4.69) is 20.9 Å². The number of rotatable bonds is 2. The molecule has 2 heterocycles. The van der Waals surface area contributed by atoms with Crippen molar-refractivity contribution in [2.75, 3.05) is 31.1 Å². The summed E-state index contributed by atoms with van der Waals surface area (Å²) in [7, 11) is 0. The number of piperazine rings is 1. The van der Waals surface area contributed by atoms with E-state index in [1.165, 1.54) is 25.7 Å². The van der Waals surface area contributed by atoms with Gasteiger partial charge in [-0.3, -0.25) is 4.90 Å². The van der Waals surface area contributed by atoms with Gasteiger partial charge >= 0.3 is 0 Å². The number of nitrogens with zero attached hydrogens (tertiary/aromatic N) is 4. The van der Waals surface area contributed by atoms with Gasteiger partial charge in [0.15, 0.2) is 0 Å². The molecule has 0 unspecified atom stereocenters. The molecule has 2 aliphatic rings. The zero-order valence-corrected chi connectivity index (χ0v) is 14.2. The lowest BCUT2D eigenvalue weighted by atomic mass is 10.1. The van der Waals surface area contributed by atoms with Crippen molar-refractivity contribution in [1.29, 1.82) is 5.26 Å². The molecule has 22 heavy (non-hydrogen) atoms. The van der Waals surface area contributed by atoms with E-state index in [9.17, 15) is 5.26 Å². The van der Waals surface area contributed by atoms with Crippen LogP contribution >= 0.6 is 11.6 Å². The summed E-state index contributed by atoms with van der Waals surface area (Å²) in [5.41, 5.74) is 2.29. The first kappa shape index (κ1) is 15.6. The number of hydrogen-bond acceptors (Lipinski definition) is 4. The van der Waals surface area contributed by atoms with Crippen LogP contribution in [0.1, 0.15) is 42.5 Å². The number of aromatic nitrogens is 1. The van der Waals surface area contributed by atoms with Gasteiger partial charge in [-0.2, -0.15) is 5.26 Å². The summed E-state index contributed by atoms with van der Waals surface area (Å²) in [5.74, 6) is 0.813. The normalized spacial score (nSPS) is 20.4. The van der Waals surface area contributed by atoms with Crippen LogP contribution in [0.5, 0.6) is 0 Å². The van der Waals surface area contributed by atoms with Crippen molar-refractivity contribution >= 4 is 17.4 Å². The third-order valence-corrected chi connectivity index (χ3v) is 5.64. The summed E-state index contributed by atoms with van der Waals surface area (Å²) in [5, 5.41) is 10.1. The monoisotopic (exact) mass is 318 g/mol. The second-order valence-electron chi connectivity index (χ2n) is 6.41. The minimum Gasteiger partial charge on any atom is -0.353 e. The number of pyridine rings is 1. The summed E-state index contributed by atoms with van der Waals surface area (Å²) >= 11 is 6.24. The van der Waals surface area contributed by atoms with Gasteiger partial charge in [0.25, 0.3) is 0 Å². The van der Waals surface area contributed by atoms with Crippen molar-refractivity contribution in [3.8, 4) is 6.07 Å². The van der Waals surface area contributed by atoms with Crippen LogP contribution in [0.15, 0.2) is 0 Å². The van der Waals surface area contributed by atoms with Crippen LogP contribution in [-0.4, -0.2) is 42.1 Å². The summed E-state index contributed by atoms with van der Waals surface area (Å²) in [4.78, 5) is 9.47. The topological polar surface area (TPSA) is 43.2 Å². The maximum Gasteiger partial charge on any atom is 0.147 e. The van der Waals surface area contributed by atoms with E-state index in [1.54, 1.807) is 0 Å². The second-order valence-corrected chi connectivity index (χ2v) is 6.79. The highest BCUT2D eigenvalue weighted by molar-refractivity contribution is 6.32. The fourth-order valence-electron chi connectivity index (χ4n) is 3.74. The first-order valence-electron chi connectivity index (χ1n) is 8.17. The molecule has 118 valence electrons. The molecule has 1 aromatic rings. The van der Waals surface area contributed by atoms with Crippen molar-refractivity contribution in [1.82, 2.24) is 9.88 Å². The third-order valence-electron chi connectivity index (χ3n) is 5.09. The highest BCUT2D eigenvalue weighted by Gasteiger charge is 2.28. The Hall–Kier alpha value is -1.31. The van der Waals surface area contributed by atoms with E-state index in [0.29, 0.717) is 10.6 Å². The zero-order chi connectivity index (χ0) is 15.7. The van der Waals surface area contributed by atoms with Crippen molar-refractivity contribution in [3.63, 3.8) is 0 Å². The summed E-state index contributed by atoms with van der Waals surface area (Å²) in [6.07, 6.45) is 5.45. The van der Waals surface area contributed by atoms with Gasteiger partial charge in [-0.25, -0.2) is 4.98 Å². The Morgan fingerprint density at radius 2 is 1.77 bits per heavy atom. The second kappa shape index (κ2) is 6.44. The van der Waals surface area contributed by atoms with Gasteiger partial charge in [-0.15, -0.1) is 0 Å². The molecule has 1 aliphatic carbocycles. The Morgan fingerprint density at radius 3 is 2.36 bits per heavy atom. The molecule has 0 amide bonds. The maximum atomic E-state index is 9.48. The fraction of sp³-hybridized carbons (Fsp3) is 0.647. The molecule has 5 heteroatoms. The predicted molar refractivity (Wildman–Crippen MR) is 89.5 cm³/mol. The molecular formula is C17H23ClN4. The molecule has 1 saturated carbocycles. The standard InChI is InChI=1S/C17H23ClN4/c1-12-15(11-19)17(20-13(2)16(12)18)22-9-7-21(8-10-22)14-5-3-4-6-14/h14H,3-10H2,1-2H3.